The number of aliphatic hydroxyl groups excluding tert-OH is 1. The molecule has 0 rings (SSSR count). The van der Waals surface area contributed by atoms with Gasteiger partial charge < -0.3 is 15.7 Å². The maximum atomic E-state index is 11.6. The summed E-state index contributed by atoms with van der Waals surface area (Å²) in [5.41, 5.74) is -0.213. The molecule has 102 valence electrons. The maximum absolute atomic E-state index is 11.6. The predicted molar refractivity (Wildman–Crippen MR) is 70.9 cm³/mol. The molecule has 4 heteroatoms. The fourth-order valence-corrected chi connectivity index (χ4v) is 1.25. The van der Waals surface area contributed by atoms with Gasteiger partial charge in [-0.25, -0.2) is 4.79 Å². The van der Waals surface area contributed by atoms with Crippen LogP contribution in [0, 0.1) is 11.3 Å². The molecule has 0 aromatic heterocycles. The van der Waals surface area contributed by atoms with Gasteiger partial charge in [0.25, 0.3) is 0 Å². The molecule has 0 fully saturated rings. The van der Waals surface area contributed by atoms with E-state index in [0.29, 0.717) is 5.92 Å². The Morgan fingerprint density at radius 1 is 1.29 bits per heavy atom. The second kappa shape index (κ2) is 6.84. The zero-order valence-corrected chi connectivity index (χ0v) is 12.0. The largest absolute Gasteiger partial charge is 0.391 e. The first kappa shape index (κ1) is 16.2. The zero-order valence-electron chi connectivity index (χ0n) is 12.0. The van der Waals surface area contributed by atoms with Gasteiger partial charge in [-0.3, -0.25) is 0 Å². The van der Waals surface area contributed by atoms with Gasteiger partial charge in [0.1, 0.15) is 0 Å². The summed E-state index contributed by atoms with van der Waals surface area (Å²) >= 11 is 0. The van der Waals surface area contributed by atoms with Crippen LogP contribution in [-0.2, 0) is 0 Å². The van der Waals surface area contributed by atoms with Crippen molar-refractivity contribution < 1.29 is 9.90 Å². The molecular formula is C13H28N2O2. The summed E-state index contributed by atoms with van der Waals surface area (Å²) in [6.07, 6.45) is 0.499. The first-order valence-corrected chi connectivity index (χ1v) is 6.40. The van der Waals surface area contributed by atoms with Crippen molar-refractivity contribution in [3.05, 3.63) is 0 Å². The summed E-state index contributed by atoms with van der Waals surface area (Å²) < 4.78 is 0. The van der Waals surface area contributed by atoms with Crippen LogP contribution in [0.15, 0.2) is 0 Å². The first-order valence-electron chi connectivity index (χ1n) is 6.40. The Labute approximate surface area is 105 Å². The summed E-state index contributed by atoms with van der Waals surface area (Å²) in [7, 11) is 0. The molecule has 3 atom stereocenters. The number of urea groups is 1. The molecule has 0 aliphatic heterocycles. The highest BCUT2D eigenvalue weighted by atomic mass is 16.3. The predicted octanol–water partition coefficient (Wildman–Crippen LogP) is 2.13. The van der Waals surface area contributed by atoms with Gasteiger partial charge in [0.05, 0.1) is 6.10 Å². The molecule has 0 radical (unpaired) electrons. The number of hydrogen-bond donors (Lipinski definition) is 3. The lowest BCUT2D eigenvalue weighted by atomic mass is 9.89. The molecule has 4 nitrogen and oxygen atoms in total. The number of hydrogen-bond acceptors (Lipinski definition) is 2. The quantitative estimate of drug-likeness (QED) is 0.694. The Balaban J connectivity index is 3.96. The van der Waals surface area contributed by atoms with Gasteiger partial charge >= 0.3 is 6.03 Å². The Morgan fingerprint density at radius 2 is 1.82 bits per heavy atom. The van der Waals surface area contributed by atoms with Gasteiger partial charge in [0.15, 0.2) is 0 Å². The lowest BCUT2D eigenvalue weighted by Crippen LogP contribution is -2.47. The number of amides is 2. The molecule has 17 heavy (non-hydrogen) atoms. The summed E-state index contributed by atoms with van der Waals surface area (Å²) in [6, 6.07) is -0.0621. The van der Waals surface area contributed by atoms with Crippen LogP contribution in [0.5, 0.6) is 0 Å². The number of rotatable bonds is 5. The molecule has 0 aromatic rings. The molecular weight excluding hydrogens is 216 g/mol. The summed E-state index contributed by atoms with van der Waals surface area (Å²) in [4.78, 5) is 11.6. The van der Waals surface area contributed by atoms with E-state index in [1.807, 2.05) is 27.7 Å². The van der Waals surface area contributed by atoms with E-state index in [2.05, 4.69) is 24.5 Å². The van der Waals surface area contributed by atoms with E-state index in [1.54, 1.807) is 0 Å². The van der Waals surface area contributed by atoms with E-state index in [0.717, 1.165) is 6.42 Å². The number of aliphatic hydroxyl groups is 1. The fourth-order valence-electron chi connectivity index (χ4n) is 1.25. The van der Waals surface area contributed by atoms with E-state index in [4.69, 9.17) is 0 Å². The highest BCUT2D eigenvalue weighted by Crippen LogP contribution is 2.18. The minimum Gasteiger partial charge on any atom is -0.391 e. The van der Waals surface area contributed by atoms with Crippen molar-refractivity contribution in [2.75, 3.05) is 6.54 Å². The number of carbonyl (C=O) groups excluding carboxylic acids is 1. The van der Waals surface area contributed by atoms with Crippen LogP contribution in [0.2, 0.25) is 0 Å². The standard InChI is InChI=1S/C13H28N2O2/c1-7-9(2)10(3)15-12(17)14-8-11(16)13(4,5)6/h9-11,16H,7-8H2,1-6H3,(H2,14,15,17). The van der Waals surface area contributed by atoms with Crippen LogP contribution in [0.3, 0.4) is 0 Å². The Kier molecular flexibility index (Phi) is 6.53. The molecule has 0 bridgehead atoms. The van der Waals surface area contributed by atoms with Crippen molar-refractivity contribution in [1.29, 1.82) is 0 Å². The van der Waals surface area contributed by atoms with Crippen molar-refractivity contribution in [3.8, 4) is 0 Å². The summed E-state index contributed by atoms with van der Waals surface area (Å²) in [6.45, 7) is 12.3. The minimum absolute atomic E-state index is 0.145. The summed E-state index contributed by atoms with van der Waals surface area (Å²) in [5.74, 6) is 0.452. The lowest BCUT2D eigenvalue weighted by molar-refractivity contribution is 0.0648. The monoisotopic (exact) mass is 244 g/mol. The van der Waals surface area contributed by atoms with Gasteiger partial charge in [-0.15, -0.1) is 0 Å². The van der Waals surface area contributed by atoms with E-state index in [9.17, 15) is 9.90 Å². The van der Waals surface area contributed by atoms with Gasteiger partial charge in [0, 0.05) is 12.6 Å². The first-order chi connectivity index (χ1) is 7.68. The van der Waals surface area contributed by atoms with E-state index < -0.39 is 6.10 Å². The topological polar surface area (TPSA) is 61.4 Å². The van der Waals surface area contributed by atoms with E-state index in [1.165, 1.54) is 0 Å². The van der Waals surface area contributed by atoms with Gasteiger partial charge in [-0.1, -0.05) is 41.0 Å². The molecule has 3 N–H and O–H groups in total. The van der Waals surface area contributed by atoms with Crippen molar-refractivity contribution in [1.82, 2.24) is 10.6 Å². The van der Waals surface area contributed by atoms with E-state index in [-0.39, 0.29) is 24.0 Å². The van der Waals surface area contributed by atoms with Crippen LogP contribution >= 0.6 is 0 Å². The van der Waals surface area contributed by atoms with Gasteiger partial charge in [0.2, 0.25) is 0 Å². The number of nitrogens with one attached hydrogen (secondary N) is 2. The summed E-state index contributed by atoms with van der Waals surface area (Å²) in [5, 5.41) is 15.4. The molecule has 0 saturated heterocycles. The Morgan fingerprint density at radius 3 is 2.24 bits per heavy atom. The molecule has 0 saturated carbocycles. The molecule has 0 aliphatic carbocycles. The smallest absolute Gasteiger partial charge is 0.315 e. The molecule has 0 aliphatic rings. The second-order valence-electron chi connectivity index (χ2n) is 5.91. The van der Waals surface area contributed by atoms with Crippen LogP contribution in [0.25, 0.3) is 0 Å². The van der Waals surface area contributed by atoms with Crippen molar-refractivity contribution in [2.24, 2.45) is 11.3 Å². The van der Waals surface area contributed by atoms with Crippen LogP contribution < -0.4 is 10.6 Å². The lowest BCUT2D eigenvalue weighted by Gasteiger charge is -2.26. The zero-order chi connectivity index (χ0) is 13.6. The average molecular weight is 244 g/mol. The van der Waals surface area contributed by atoms with Crippen LogP contribution in [-0.4, -0.2) is 29.8 Å². The molecule has 3 unspecified atom stereocenters. The minimum atomic E-state index is -0.535. The second-order valence-corrected chi connectivity index (χ2v) is 5.91. The van der Waals surface area contributed by atoms with Gasteiger partial charge in [-0.2, -0.15) is 0 Å². The molecule has 2 amide bonds. The Hall–Kier alpha value is -0.770. The third-order valence-corrected chi connectivity index (χ3v) is 3.31. The Bertz CT molecular complexity index is 236. The highest BCUT2D eigenvalue weighted by Gasteiger charge is 2.22. The fraction of sp³-hybridized carbons (Fsp3) is 0.923. The van der Waals surface area contributed by atoms with Crippen molar-refractivity contribution >= 4 is 6.03 Å². The maximum Gasteiger partial charge on any atom is 0.315 e. The van der Waals surface area contributed by atoms with Crippen molar-refractivity contribution in [2.45, 2.75) is 60.1 Å². The number of carbonyl (C=O) groups is 1. The van der Waals surface area contributed by atoms with Gasteiger partial charge in [-0.05, 0) is 18.3 Å². The van der Waals surface area contributed by atoms with Crippen LogP contribution in [0.4, 0.5) is 4.79 Å². The molecule has 0 spiro atoms. The third-order valence-electron chi connectivity index (χ3n) is 3.31. The molecule has 0 heterocycles. The average Bonchev–Trinajstić information content (AvgIpc) is 2.23. The third kappa shape index (κ3) is 6.51. The molecule has 0 aromatic carbocycles. The van der Waals surface area contributed by atoms with Crippen LogP contribution in [0.1, 0.15) is 48.0 Å². The SMILES string of the molecule is CCC(C)C(C)NC(=O)NCC(O)C(C)(C)C. The van der Waals surface area contributed by atoms with E-state index >= 15 is 0 Å². The normalized spacial score (nSPS) is 17.1. The van der Waals surface area contributed by atoms with Crippen molar-refractivity contribution in [3.63, 3.8) is 0 Å². The highest BCUT2D eigenvalue weighted by molar-refractivity contribution is 5.74.